The topological polar surface area (TPSA) is 60.0 Å². The fourth-order valence-electron chi connectivity index (χ4n) is 3.00. The van der Waals surface area contributed by atoms with Crippen LogP contribution in [0.3, 0.4) is 0 Å². The molecule has 1 N–H and O–H groups in total. The molecule has 1 amide bonds. The second-order valence-electron chi connectivity index (χ2n) is 5.53. The fraction of sp³-hybridized carbons (Fsp3) is 0.562. The maximum atomic E-state index is 12.4. The second kappa shape index (κ2) is 6.98. The SMILES string of the molecule is COCCNCC(=O)N1CCCC1c1ccc2c(c1)OCO2. The molecule has 22 heavy (non-hydrogen) atoms. The first kappa shape index (κ1) is 15.1. The number of fused-ring (bicyclic) bond motifs is 1. The van der Waals surface area contributed by atoms with E-state index in [9.17, 15) is 4.79 Å². The van der Waals surface area contributed by atoms with Crippen molar-refractivity contribution in [3.63, 3.8) is 0 Å². The summed E-state index contributed by atoms with van der Waals surface area (Å²) in [6, 6.07) is 6.08. The molecule has 2 heterocycles. The maximum absolute atomic E-state index is 12.4. The molecule has 0 bridgehead atoms. The first-order valence-corrected chi connectivity index (χ1v) is 7.68. The Morgan fingerprint density at radius 1 is 1.41 bits per heavy atom. The largest absolute Gasteiger partial charge is 0.454 e. The standard InChI is InChI=1S/C16H22N2O4/c1-20-8-6-17-10-16(19)18-7-2-3-13(18)12-4-5-14-15(9-12)22-11-21-14/h4-5,9,13,17H,2-3,6-8,10-11H2,1H3. The van der Waals surface area contributed by atoms with E-state index in [1.165, 1.54) is 0 Å². The number of ether oxygens (including phenoxy) is 3. The number of nitrogens with one attached hydrogen (secondary N) is 1. The molecule has 2 aliphatic heterocycles. The molecule has 0 aromatic heterocycles. The summed E-state index contributed by atoms with van der Waals surface area (Å²) in [5.74, 6) is 1.69. The van der Waals surface area contributed by atoms with E-state index in [2.05, 4.69) is 5.32 Å². The van der Waals surface area contributed by atoms with Crippen LogP contribution in [0, 0.1) is 0 Å². The van der Waals surface area contributed by atoms with Crippen molar-refractivity contribution in [3.05, 3.63) is 23.8 Å². The molecule has 1 aromatic carbocycles. The van der Waals surface area contributed by atoms with E-state index in [-0.39, 0.29) is 18.7 Å². The van der Waals surface area contributed by atoms with Gasteiger partial charge in [0, 0.05) is 20.2 Å². The molecule has 6 nitrogen and oxygen atoms in total. The van der Waals surface area contributed by atoms with Crippen molar-refractivity contribution >= 4 is 5.91 Å². The molecule has 0 spiro atoms. The number of rotatable bonds is 6. The van der Waals surface area contributed by atoms with Crippen LogP contribution in [0.2, 0.25) is 0 Å². The fourth-order valence-corrected chi connectivity index (χ4v) is 3.00. The predicted molar refractivity (Wildman–Crippen MR) is 81.0 cm³/mol. The minimum atomic E-state index is 0.131. The quantitative estimate of drug-likeness (QED) is 0.803. The molecule has 0 radical (unpaired) electrons. The summed E-state index contributed by atoms with van der Waals surface area (Å²) < 4.78 is 15.7. The lowest BCUT2D eigenvalue weighted by atomic mass is 10.0. The van der Waals surface area contributed by atoms with Crippen molar-refractivity contribution in [2.24, 2.45) is 0 Å². The van der Waals surface area contributed by atoms with Crippen LogP contribution in [-0.2, 0) is 9.53 Å². The molecule has 2 aliphatic rings. The highest BCUT2D eigenvalue weighted by atomic mass is 16.7. The molecule has 0 aliphatic carbocycles. The second-order valence-corrected chi connectivity index (χ2v) is 5.53. The van der Waals surface area contributed by atoms with Crippen molar-refractivity contribution in [2.45, 2.75) is 18.9 Å². The van der Waals surface area contributed by atoms with Gasteiger partial charge in [-0.1, -0.05) is 6.07 Å². The predicted octanol–water partition coefficient (Wildman–Crippen LogP) is 1.31. The third kappa shape index (κ3) is 3.18. The van der Waals surface area contributed by atoms with Crippen LogP contribution in [0.15, 0.2) is 18.2 Å². The van der Waals surface area contributed by atoms with Crippen LogP contribution in [0.25, 0.3) is 0 Å². The van der Waals surface area contributed by atoms with Gasteiger partial charge in [0.15, 0.2) is 11.5 Å². The molecule has 1 unspecified atom stereocenters. The molecule has 0 saturated carbocycles. The number of likely N-dealkylation sites (tertiary alicyclic amines) is 1. The van der Waals surface area contributed by atoms with Gasteiger partial charge in [-0.3, -0.25) is 4.79 Å². The molecule has 1 aromatic rings. The summed E-state index contributed by atoms with van der Waals surface area (Å²) in [7, 11) is 1.65. The molecule has 1 atom stereocenters. The maximum Gasteiger partial charge on any atom is 0.237 e. The third-order valence-corrected chi connectivity index (χ3v) is 4.11. The van der Waals surface area contributed by atoms with Gasteiger partial charge in [-0.2, -0.15) is 0 Å². The molecule has 6 heteroatoms. The summed E-state index contributed by atoms with van der Waals surface area (Å²) in [4.78, 5) is 14.3. The van der Waals surface area contributed by atoms with Crippen LogP contribution in [0.4, 0.5) is 0 Å². The lowest BCUT2D eigenvalue weighted by molar-refractivity contribution is -0.131. The van der Waals surface area contributed by atoms with Crippen LogP contribution in [-0.4, -0.2) is 51.0 Å². The Kier molecular flexibility index (Phi) is 4.80. The number of amides is 1. The smallest absolute Gasteiger partial charge is 0.237 e. The van der Waals surface area contributed by atoms with Crippen LogP contribution < -0.4 is 14.8 Å². The summed E-state index contributed by atoms with van der Waals surface area (Å²) in [6.07, 6.45) is 2.02. The van der Waals surface area contributed by atoms with E-state index in [0.717, 1.165) is 36.4 Å². The monoisotopic (exact) mass is 306 g/mol. The molecule has 1 saturated heterocycles. The zero-order valence-corrected chi connectivity index (χ0v) is 12.8. The number of benzene rings is 1. The Morgan fingerprint density at radius 3 is 3.14 bits per heavy atom. The van der Waals surface area contributed by atoms with Gasteiger partial charge in [0.25, 0.3) is 0 Å². The first-order valence-electron chi connectivity index (χ1n) is 7.68. The van der Waals surface area contributed by atoms with E-state index in [4.69, 9.17) is 14.2 Å². The minimum absolute atomic E-state index is 0.131. The average Bonchev–Trinajstić information content (AvgIpc) is 3.18. The highest BCUT2D eigenvalue weighted by molar-refractivity contribution is 5.79. The summed E-state index contributed by atoms with van der Waals surface area (Å²) in [5.41, 5.74) is 1.12. The van der Waals surface area contributed by atoms with Crippen LogP contribution in [0.5, 0.6) is 11.5 Å². The van der Waals surface area contributed by atoms with E-state index in [1.807, 2.05) is 23.1 Å². The molecular weight excluding hydrogens is 284 g/mol. The highest BCUT2D eigenvalue weighted by Crippen LogP contribution is 2.38. The molecular formula is C16H22N2O4. The van der Waals surface area contributed by atoms with Crippen molar-refractivity contribution in [3.8, 4) is 11.5 Å². The molecule has 3 rings (SSSR count). The molecule has 1 fully saturated rings. The number of carbonyl (C=O) groups is 1. The van der Waals surface area contributed by atoms with Gasteiger partial charge in [-0.25, -0.2) is 0 Å². The zero-order valence-electron chi connectivity index (χ0n) is 12.8. The number of carbonyl (C=O) groups excluding carboxylic acids is 1. The van der Waals surface area contributed by atoms with Gasteiger partial charge < -0.3 is 24.4 Å². The Morgan fingerprint density at radius 2 is 2.27 bits per heavy atom. The Balaban J connectivity index is 1.64. The lowest BCUT2D eigenvalue weighted by Crippen LogP contribution is -2.38. The highest BCUT2D eigenvalue weighted by Gasteiger charge is 2.30. The van der Waals surface area contributed by atoms with Gasteiger partial charge in [0.2, 0.25) is 12.7 Å². The van der Waals surface area contributed by atoms with Gasteiger partial charge >= 0.3 is 0 Å². The minimum Gasteiger partial charge on any atom is -0.454 e. The third-order valence-electron chi connectivity index (χ3n) is 4.11. The zero-order chi connectivity index (χ0) is 15.4. The number of methoxy groups -OCH3 is 1. The lowest BCUT2D eigenvalue weighted by Gasteiger charge is -2.25. The average molecular weight is 306 g/mol. The van der Waals surface area contributed by atoms with Crippen LogP contribution in [0.1, 0.15) is 24.4 Å². The van der Waals surface area contributed by atoms with Gasteiger partial charge in [0.1, 0.15) is 0 Å². The number of nitrogens with zero attached hydrogens (tertiary/aromatic N) is 1. The Labute approximate surface area is 130 Å². The van der Waals surface area contributed by atoms with Crippen molar-refractivity contribution < 1.29 is 19.0 Å². The Bertz CT molecular complexity index is 535. The number of hydrogen-bond acceptors (Lipinski definition) is 5. The normalized spacial score (nSPS) is 19.7. The van der Waals surface area contributed by atoms with E-state index in [1.54, 1.807) is 7.11 Å². The molecule has 120 valence electrons. The summed E-state index contributed by atoms with van der Waals surface area (Å²) in [5, 5.41) is 3.12. The van der Waals surface area contributed by atoms with Gasteiger partial charge in [-0.05, 0) is 30.5 Å². The van der Waals surface area contributed by atoms with Crippen molar-refractivity contribution in [1.29, 1.82) is 0 Å². The van der Waals surface area contributed by atoms with E-state index < -0.39 is 0 Å². The van der Waals surface area contributed by atoms with Crippen LogP contribution >= 0.6 is 0 Å². The van der Waals surface area contributed by atoms with E-state index >= 15 is 0 Å². The van der Waals surface area contributed by atoms with Crippen molar-refractivity contribution in [2.75, 3.05) is 40.1 Å². The summed E-state index contributed by atoms with van der Waals surface area (Å²) >= 11 is 0. The summed E-state index contributed by atoms with van der Waals surface area (Å²) in [6.45, 7) is 2.73. The number of hydrogen-bond donors (Lipinski definition) is 1. The van der Waals surface area contributed by atoms with E-state index in [0.29, 0.717) is 19.7 Å². The first-order chi connectivity index (χ1) is 10.8. The van der Waals surface area contributed by atoms with Crippen molar-refractivity contribution in [1.82, 2.24) is 10.2 Å². The Hall–Kier alpha value is -1.79. The van der Waals surface area contributed by atoms with Gasteiger partial charge in [-0.15, -0.1) is 0 Å². The van der Waals surface area contributed by atoms with Gasteiger partial charge in [0.05, 0.1) is 19.2 Å².